The zero-order valence-corrected chi connectivity index (χ0v) is 20.6. The van der Waals surface area contributed by atoms with E-state index in [1.54, 1.807) is 4.90 Å². The molecule has 1 aromatic heterocycles. The summed E-state index contributed by atoms with van der Waals surface area (Å²) in [5, 5.41) is 2.99. The first-order valence-corrected chi connectivity index (χ1v) is 13.7. The van der Waals surface area contributed by atoms with Crippen LogP contribution in [-0.2, 0) is 21.2 Å². The summed E-state index contributed by atoms with van der Waals surface area (Å²) in [6, 6.07) is 9.10. The number of nitrogens with one attached hydrogen (secondary N) is 2. The maximum absolute atomic E-state index is 13.3. The van der Waals surface area contributed by atoms with Gasteiger partial charge in [0.2, 0.25) is 15.9 Å². The molecule has 1 aromatic carbocycles. The first-order valence-electron chi connectivity index (χ1n) is 12.3. The molecular formula is C25H34N4O4S. The molecule has 34 heavy (non-hydrogen) atoms. The number of aryl methyl sites for hydroxylation is 1. The summed E-state index contributed by atoms with van der Waals surface area (Å²) < 4.78 is 28.0. The van der Waals surface area contributed by atoms with Crippen LogP contribution in [0.25, 0.3) is 0 Å². The van der Waals surface area contributed by atoms with E-state index < -0.39 is 15.9 Å². The summed E-state index contributed by atoms with van der Waals surface area (Å²) in [4.78, 5) is 30.6. The van der Waals surface area contributed by atoms with Crippen molar-refractivity contribution in [1.82, 2.24) is 14.2 Å². The Morgan fingerprint density at radius 1 is 1.06 bits per heavy atom. The van der Waals surface area contributed by atoms with Crippen molar-refractivity contribution in [2.75, 3.05) is 31.5 Å². The van der Waals surface area contributed by atoms with Gasteiger partial charge in [0.1, 0.15) is 10.6 Å². The van der Waals surface area contributed by atoms with Gasteiger partial charge in [0.15, 0.2) is 0 Å². The number of nitrogens with zero attached hydrogens (tertiary/aromatic N) is 2. The molecule has 1 atom stereocenters. The molecule has 1 unspecified atom stereocenters. The predicted molar refractivity (Wildman–Crippen MR) is 131 cm³/mol. The van der Waals surface area contributed by atoms with Crippen molar-refractivity contribution < 1.29 is 18.0 Å². The molecule has 8 nitrogen and oxygen atoms in total. The van der Waals surface area contributed by atoms with Crippen LogP contribution in [0.15, 0.2) is 41.4 Å². The van der Waals surface area contributed by atoms with Crippen LogP contribution >= 0.6 is 0 Å². The third-order valence-electron chi connectivity index (χ3n) is 6.83. The molecule has 2 saturated heterocycles. The van der Waals surface area contributed by atoms with Gasteiger partial charge in [-0.15, -0.1) is 0 Å². The second-order valence-corrected chi connectivity index (χ2v) is 11.1. The lowest BCUT2D eigenvalue weighted by molar-refractivity contribution is -0.120. The summed E-state index contributed by atoms with van der Waals surface area (Å²) in [5.41, 5.74) is 2.12. The van der Waals surface area contributed by atoms with Gasteiger partial charge in [0.05, 0.1) is 5.92 Å². The number of carbonyl (C=O) groups excluding carboxylic acids is 2. The van der Waals surface area contributed by atoms with Crippen molar-refractivity contribution in [3.05, 3.63) is 47.8 Å². The van der Waals surface area contributed by atoms with Gasteiger partial charge in [-0.3, -0.25) is 9.59 Å². The van der Waals surface area contributed by atoms with E-state index in [1.165, 1.54) is 16.6 Å². The fourth-order valence-electron chi connectivity index (χ4n) is 4.80. The third kappa shape index (κ3) is 5.36. The van der Waals surface area contributed by atoms with E-state index in [-0.39, 0.29) is 23.3 Å². The average Bonchev–Trinajstić information content (AvgIpc) is 3.21. The molecule has 2 fully saturated rings. The highest BCUT2D eigenvalue weighted by molar-refractivity contribution is 7.89. The second kappa shape index (κ2) is 10.7. The van der Waals surface area contributed by atoms with Gasteiger partial charge in [0.25, 0.3) is 5.91 Å². The van der Waals surface area contributed by atoms with Gasteiger partial charge in [-0.1, -0.05) is 38.0 Å². The summed E-state index contributed by atoms with van der Waals surface area (Å²) in [7, 11) is -3.81. The molecule has 3 heterocycles. The van der Waals surface area contributed by atoms with E-state index in [0.29, 0.717) is 38.2 Å². The number of likely N-dealkylation sites (tertiary alicyclic amines) is 1. The highest BCUT2D eigenvalue weighted by Gasteiger charge is 2.34. The number of benzene rings is 1. The fraction of sp³-hybridized carbons (Fsp3) is 0.520. The number of para-hydroxylation sites is 1. The zero-order valence-electron chi connectivity index (χ0n) is 19.8. The Bertz CT molecular complexity index is 1120. The number of hydrogen-bond acceptors (Lipinski definition) is 4. The number of piperidine rings is 1. The molecule has 0 bridgehead atoms. The molecule has 4 rings (SSSR count). The number of anilines is 1. The number of amides is 2. The van der Waals surface area contributed by atoms with Gasteiger partial charge in [-0.05, 0) is 49.8 Å². The Morgan fingerprint density at radius 3 is 2.53 bits per heavy atom. The van der Waals surface area contributed by atoms with Crippen LogP contribution < -0.4 is 5.32 Å². The Morgan fingerprint density at radius 2 is 1.79 bits per heavy atom. The minimum absolute atomic E-state index is 0.0723. The maximum atomic E-state index is 13.3. The summed E-state index contributed by atoms with van der Waals surface area (Å²) in [6.45, 7) is 3.91. The molecule has 9 heteroatoms. The van der Waals surface area contributed by atoms with Crippen molar-refractivity contribution in [3.8, 4) is 0 Å². The SMILES string of the molecule is CCc1ccccc1NC(=O)C1CCCN(S(=O)(=O)c2c[nH]c(C(=O)N3CCCCCC3)c2)C1. The average molecular weight is 487 g/mol. The lowest BCUT2D eigenvalue weighted by atomic mass is 9.98. The van der Waals surface area contributed by atoms with Crippen molar-refractivity contribution in [2.45, 2.75) is 56.8 Å². The molecule has 0 aliphatic carbocycles. The minimum Gasteiger partial charge on any atom is -0.356 e. The van der Waals surface area contributed by atoms with E-state index in [4.69, 9.17) is 0 Å². The van der Waals surface area contributed by atoms with Crippen LogP contribution in [0, 0.1) is 5.92 Å². The summed E-state index contributed by atoms with van der Waals surface area (Å²) in [5.74, 6) is -0.744. The lowest BCUT2D eigenvalue weighted by Gasteiger charge is -2.31. The Labute approximate surface area is 201 Å². The van der Waals surface area contributed by atoms with Crippen LogP contribution in [0.3, 0.4) is 0 Å². The number of hydrogen-bond donors (Lipinski definition) is 2. The number of aromatic nitrogens is 1. The highest BCUT2D eigenvalue weighted by Crippen LogP contribution is 2.26. The molecule has 0 spiro atoms. The highest BCUT2D eigenvalue weighted by atomic mass is 32.2. The maximum Gasteiger partial charge on any atom is 0.270 e. The van der Waals surface area contributed by atoms with E-state index in [2.05, 4.69) is 10.3 Å². The third-order valence-corrected chi connectivity index (χ3v) is 8.67. The molecule has 2 aliphatic heterocycles. The molecular weight excluding hydrogens is 452 g/mol. The van der Waals surface area contributed by atoms with E-state index in [0.717, 1.165) is 43.4 Å². The largest absolute Gasteiger partial charge is 0.356 e. The van der Waals surface area contributed by atoms with Gasteiger partial charge < -0.3 is 15.2 Å². The standard InChI is InChI=1S/C25H34N4O4S/c1-2-19-10-5-6-12-22(19)27-24(30)20-11-9-15-29(18-20)34(32,33)21-16-23(26-17-21)25(31)28-13-7-3-4-8-14-28/h5-6,10,12,16-17,20,26H,2-4,7-9,11,13-15,18H2,1H3,(H,27,30). The minimum atomic E-state index is -3.81. The van der Waals surface area contributed by atoms with Crippen molar-refractivity contribution >= 4 is 27.5 Å². The number of aromatic amines is 1. The number of H-pyrrole nitrogens is 1. The lowest BCUT2D eigenvalue weighted by Crippen LogP contribution is -2.43. The van der Waals surface area contributed by atoms with E-state index in [1.807, 2.05) is 31.2 Å². The van der Waals surface area contributed by atoms with E-state index in [9.17, 15) is 18.0 Å². The molecule has 2 aliphatic rings. The molecule has 0 saturated carbocycles. The Hall–Kier alpha value is -2.65. The monoisotopic (exact) mass is 486 g/mol. The zero-order chi connectivity index (χ0) is 24.1. The van der Waals surface area contributed by atoms with Gasteiger partial charge >= 0.3 is 0 Å². The van der Waals surface area contributed by atoms with Crippen molar-refractivity contribution in [1.29, 1.82) is 0 Å². The van der Waals surface area contributed by atoms with Crippen molar-refractivity contribution in [2.24, 2.45) is 5.92 Å². The smallest absolute Gasteiger partial charge is 0.270 e. The number of rotatable bonds is 6. The molecule has 0 radical (unpaired) electrons. The topological polar surface area (TPSA) is 103 Å². The summed E-state index contributed by atoms with van der Waals surface area (Å²) in [6.07, 6.45) is 7.60. The van der Waals surface area contributed by atoms with Crippen molar-refractivity contribution in [3.63, 3.8) is 0 Å². The molecule has 184 valence electrons. The first kappa shape index (κ1) is 24.5. The predicted octanol–water partition coefficient (Wildman–Crippen LogP) is 3.63. The van der Waals surface area contributed by atoms with E-state index >= 15 is 0 Å². The summed E-state index contributed by atoms with van der Waals surface area (Å²) >= 11 is 0. The molecule has 2 N–H and O–H groups in total. The Kier molecular flexibility index (Phi) is 7.73. The van der Waals surface area contributed by atoms with Gasteiger partial charge in [0, 0.05) is 38.1 Å². The van der Waals surface area contributed by atoms with Crippen LogP contribution in [0.5, 0.6) is 0 Å². The van der Waals surface area contributed by atoms with Crippen LogP contribution in [0.4, 0.5) is 5.69 Å². The van der Waals surface area contributed by atoms with Gasteiger partial charge in [-0.25, -0.2) is 8.42 Å². The second-order valence-electron chi connectivity index (χ2n) is 9.16. The Balaban J connectivity index is 1.44. The fourth-order valence-corrected chi connectivity index (χ4v) is 6.32. The van der Waals surface area contributed by atoms with Crippen LogP contribution in [-0.4, -0.2) is 60.6 Å². The molecule has 2 amide bonds. The quantitative estimate of drug-likeness (QED) is 0.651. The first-order chi connectivity index (χ1) is 16.4. The number of carbonyl (C=O) groups is 2. The van der Waals surface area contributed by atoms with Gasteiger partial charge in [-0.2, -0.15) is 4.31 Å². The van der Waals surface area contributed by atoms with Crippen LogP contribution in [0.2, 0.25) is 0 Å². The molecule has 2 aromatic rings. The normalized spacial score (nSPS) is 20.0. The number of sulfonamides is 1. The van der Waals surface area contributed by atoms with Crippen LogP contribution in [0.1, 0.15) is 61.5 Å².